The lowest BCUT2D eigenvalue weighted by Crippen LogP contribution is -2.38. The lowest BCUT2D eigenvalue weighted by molar-refractivity contribution is 0.0936. The van der Waals surface area contributed by atoms with E-state index in [1.165, 1.54) is 0 Å². The minimum atomic E-state index is -0.0797. The number of carbonyl (C=O) groups is 1. The van der Waals surface area contributed by atoms with E-state index in [-0.39, 0.29) is 18.0 Å². The van der Waals surface area contributed by atoms with Gasteiger partial charge in [-0.2, -0.15) is 0 Å². The van der Waals surface area contributed by atoms with Crippen LogP contribution in [0.4, 0.5) is 0 Å². The van der Waals surface area contributed by atoms with Gasteiger partial charge in [0.2, 0.25) is 0 Å². The Morgan fingerprint density at radius 1 is 1.00 bits per heavy atom. The van der Waals surface area contributed by atoms with Gasteiger partial charge < -0.3 is 5.32 Å². The average molecular weight is 440 g/mol. The summed E-state index contributed by atoms with van der Waals surface area (Å²) in [5, 5.41) is 4.59. The summed E-state index contributed by atoms with van der Waals surface area (Å²) in [5.41, 5.74) is 3.81. The Kier molecular flexibility index (Phi) is 6.38. The van der Waals surface area contributed by atoms with E-state index >= 15 is 0 Å². The number of nitrogens with zero attached hydrogens (tertiary/aromatic N) is 2. The average Bonchev–Trinajstić information content (AvgIpc) is 3.19. The zero-order valence-electron chi connectivity index (χ0n) is 16.7. The summed E-state index contributed by atoms with van der Waals surface area (Å²) in [7, 11) is 0. The fourth-order valence-corrected chi connectivity index (χ4v) is 4.17. The Labute approximate surface area is 186 Å². The molecule has 0 spiro atoms. The number of hydrogen-bond donors (Lipinski definition) is 1. The monoisotopic (exact) mass is 439 g/mol. The van der Waals surface area contributed by atoms with E-state index in [0.717, 1.165) is 36.3 Å². The van der Waals surface area contributed by atoms with Crippen LogP contribution in [-0.2, 0) is 0 Å². The number of aryl methyl sites for hydroxylation is 1. The maximum Gasteiger partial charge on any atom is 0.253 e. The van der Waals surface area contributed by atoms with Crippen molar-refractivity contribution in [1.82, 2.24) is 15.2 Å². The summed E-state index contributed by atoms with van der Waals surface area (Å²) >= 11 is 12.2. The number of rotatable bonds is 5. The highest BCUT2D eigenvalue weighted by Gasteiger charge is 2.31. The van der Waals surface area contributed by atoms with Gasteiger partial charge in [-0.1, -0.05) is 47.5 Å². The Morgan fingerprint density at radius 2 is 1.60 bits per heavy atom. The van der Waals surface area contributed by atoms with Gasteiger partial charge in [-0.3, -0.25) is 14.7 Å². The number of nitrogens with one attached hydrogen (secondary N) is 1. The molecule has 2 aromatic carbocycles. The third-order valence-corrected chi connectivity index (χ3v) is 5.97. The molecule has 1 unspecified atom stereocenters. The highest BCUT2D eigenvalue weighted by molar-refractivity contribution is 6.30. The van der Waals surface area contributed by atoms with E-state index < -0.39 is 0 Å². The van der Waals surface area contributed by atoms with Crippen molar-refractivity contribution in [3.63, 3.8) is 0 Å². The van der Waals surface area contributed by atoms with Gasteiger partial charge in [-0.25, -0.2) is 0 Å². The van der Waals surface area contributed by atoms with Crippen molar-refractivity contribution < 1.29 is 4.79 Å². The third kappa shape index (κ3) is 4.84. The lowest BCUT2D eigenvalue weighted by Gasteiger charge is -2.29. The van der Waals surface area contributed by atoms with Crippen molar-refractivity contribution >= 4 is 29.1 Å². The summed E-state index contributed by atoms with van der Waals surface area (Å²) in [5.74, 6) is -0.0797. The van der Waals surface area contributed by atoms with Gasteiger partial charge in [-0.15, -0.1) is 0 Å². The number of hydrogen-bond acceptors (Lipinski definition) is 3. The maximum atomic E-state index is 12.6. The van der Waals surface area contributed by atoms with E-state index in [0.29, 0.717) is 15.6 Å². The van der Waals surface area contributed by atoms with Gasteiger partial charge >= 0.3 is 0 Å². The topological polar surface area (TPSA) is 45.2 Å². The molecule has 2 heterocycles. The second-order valence-electron chi connectivity index (χ2n) is 7.65. The number of carbonyl (C=O) groups excluding carboxylic acids is 1. The number of aromatic nitrogens is 1. The van der Waals surface area contributed by atoms with Crippen LogP contribution in [0.5, 0.6) is 0 Å². The van der Waals surface area contributed by atoms with Crippen molar-refractivity contribution in [2.75, 3.05) is 13.1 Å². The molecule has 30 heavy (non-hydrogen) atoms. The first-order chi connectivity index (χ1) is 14.5. The highest BCUT2D eigenvalue weighted by atomic mass is 35.5. The first kappa shape index (κ1) is 20.9. The second kappa shape index (κ2) is 9.17. The molecule has 1 aromatic heterocycles. The molecule has 4 nitrogen and oxygen atoms in total. The Morgan fingerprint density at radius 3 is 2.13 bits per heavy atom. The summed E-state index contributed by atoms with van der Waals surface area (Å²) in [6.45, 7) is 3.55. The molecule has 6 heteroatoms. The van der Waals surface area contributed by atoms with Crippen molar-refractivity contribution in [1.29, 1.82) is 0 Å². The minimum absolute atomic E-state index is 0.0717. The molecule has 1 fully saturated rings. The van der Waals surface area contributed by atoms with E-state index in [2.05, 4.69) is 39.5 Å². The number of likely N-dealkylation sites (tertiary alicyclic amines) is 1. The summed E-state index contributed by atoms with van der Waals surface area (Å²) in [6.07, 6.45) is 2.52. The molecule has 0 bridgehead atoms. The molecule has 154 valence electrons. The van der Waals surface area contributed by atoms with Crippen LogP contribution in [0.25, 0.3) is 0 Å². The molecule has 1 atom stereocenters. The van der Waals surface area contributed by atoms with Gasteiger partial charge in [0.25, 0.3) is 5.91 Å². The molecular formula is C24H23Cl2N3O. The Bertz CT molecular complexity index is 959. The molecule has 0 aliphatic carbocycles. The fraction of sp³-hybridized carbons (Fsp3) is 0.250. The van der Waals surface area contributed by atoms with Crippen LogP contribution in [0.2, 0.25) is 10.0 Å². The summed E-state index contributed by atoms with van der Waals surface area (Å²) in [4.78, 5) is 19.2. The van der Waals surface area contributed by atoms with Crippen LogP contribution in [-0.4, -0.2) is 34.9 Å². The van der Waals surface area contributed by atoms with Crippen molar-refractivity contribution in [3.05, 3.63) is 99.3 Å². The van der Waals surface area contributed by atoms with E-state index in [1.807, 2.05) is 43.3 Å². The molecule has 1 aliphatic rings. The highest BCUT2D eigenvalue weighted by Crippen LogP contribution is 2.33. The van der Waals surface area contributed by atoms with Crippen LogP contribution >= 0.6 is 23.2 Å². The van der Waals surface area contributed by atoms with Crippen molar-refractivity contribution in [2.45, 2.75) is 25.4 Å². The predicted octanol–water partition coefficient (Wildman–Crippen LogP) is 5.29. The normalized spacial score (nSPS) is 16.7. The largest absolute Gasteiger partial charge is 0.348 e. The predicted molar refractivity (Wildman–Crippen MR) is 121 cm³/mol. The molecule has 1 amide bonds. The number of halogens is 2. The van der Waals surface area contributed by atoms with Crippen LogP contribution in [0.3, 0.4) is 0 Å². The zero-order valence-corrected chi connectivity index (χ0v) is 18.2. The zero-order chi connectivity index (χ0) is 21.1. The molecule has 0 saturated carbocycles. The standard InChI is InChI=1S/C24H23Cl2N3O/c1-16-2-3-19(14-27-16)24(30)28-22-12-13-29(15-22)23(17-4-8-20(25)9-5-17)18-6-10-21(26)11-7-18/h2-11,14,22-23H,12-13,15H2,1H3,(H,28,30). The quantitative estimate of drug-likeness (QED) is 0.587. The molecule has 1 N–H and O–H groups in total. The van der Waals surface area contributed by atoms with Crippen molar-refractivity contribution in [3.8, 4) is 0 Å². The van der Waals surface area contributed by atoms with E-state index in [9.17, 15) is 4.79 Å². The van der Waals surface area contributed by atoms with Gasteiger partial charge in [-0.05, 0) is 60.9 Å². The van der Waals surface area contributed by atoms with Crippen LogP contribution in [0.1, 0.15) is 39.6 Å². The lowest BCUT2D eigenvalue weighted by atomic mass is 9.97. The number of amides is 1. The molecule has 1 aliphatic heterocycles. The Balaban J connectivity index is 1.52. The van der Waals surface area contributed by atoms with E-state index in [4.69, 9.17) is 23.2 Å². The van der Waals surface area contributed by atoms with Crippen molar-refractivity contribution in [2.24, 2.45) is 0 Å². The van der Waals surface area contributed by atoms with Gasteiger partial charge in [0, 0.05) is 41.1 Å². The minimum Gasteiger partial charge on any atom is -0.348 e. The first-order valence-electron chi connectivity index (χ1n) is 9.98. The Hall–Kier alpha value is -2.40. The SMILES string of the molecule is Cc1ccc(C(=O)NC2CCN(C(c3ccc(Cl)cc3)c3ccc(Cl)cc3)C2)cn1. The first-order valence-corrected chi connectivity index (χ1v) is 10.7. The van der Waals surface area contributed by atoms with Crippen LogP contribution < -0.4 is 5.32 Å². The summed E-state index contributed by atoms with van der Waals surface area (Å²) in [6, 6.07) is 19.7. The number of pyridine rings is 1. The molecule has 1 saturated heterocycles. The smallest absolute Gasteiger partial charge is 0.253 e. The molecular weight excluding hydrogens is 417 g/mol. The maximum absolute atomic E-state index is 12.6. The van der Waals surface area contributed by atoms with Gasteiger partial charge in [0.1, 0.15) is 0 Å². The molecule has 0 radical (unpaired) electrons. The van der Waals surface area contributed by atoms with Crippen LogP contribution in [0.15, 0.2) is 66.9 Å². The van der Waals surface area contributed by atoms with E-state index in [1.54, 1.807) is 6.20 Å². The van der Waals surface area contributed by atoms with Crippen LogP contribution in [0, 0.1) is 6.92 Å². The third-order valence-electron chi connectivity index (χ3n) is 5.47. The molecule has 3 aromatic rings. The van der Waals surface area contributed by atoms with Gasteiger partial charge in [0.15, 0.2) is 0 Å². The van der Waals surface area contributed by atoms with Gasteiger partial charge in [0.05, 0.1) is 11.6 Å². The fourth-order valence-electron chi connectivity index (χ4n) is 3.91. The second-order valence-corrected chi connectivity index (χ2v) is 8.52. The number of benzene rings is 2. The summed E-state index contributed by atoms with van der Waals surface area (Å²) < 4.78 is 0. The molecule has 4 rings (SSSR count).